The number of benzene rings is 2. The van der Waals surface area contributed by atoms with Crippen molar-refractivity contribution in [2.45, 2.75) is 4.90 Å². The van der Waals surface area contributed by atoms with Crippen molar-refractivity contribution in [3.63, 3.8) is 0 Å². The lowest BCUT2D eigenvalue weighted by Gasteiger charge is -2.14. The van der Waals surface area contributed by atoms with Crippen LogP contribution in [0.4, 0.5) is 5.69 Å². The first-order valence-electron chi connectivity index (χ1n) is 7.41. The molecule has 0 aliphatic carbocycles. The van der Waals surface area contributed by atoms with Crippen molar-refractivity contribution in [1.82, 2.24) is 4.98 Å². The lowest BCUT2D eigenvalue weighted by Crippen LogP contribution is -2.14. The highest BCUT2D eigenvalue weighted by Crippen LogP contribution is 2.41. The van der Waals surface area contributed by atoms with Crippen LogP contribution in [-0.4, -0.2) is 13.4 Å². The Hall–Kier alpha value is -1.03. The molecule has 1 N–H and O–H groups in total. The molecule has 2 aromatic carbocycles. The van der Waals surface area contributed by atoms with Crippen molar-refractivity contribution in [3.05, 3.63) is 72.8 Å². The molecule has 1 aromatic heterocycles. The van der Waals surface area contributed by atoms with Crippen molar-refractivity contribution in [3.8, 4) is 11.5 Å². The van der Waals surface area contributed by atoms with E-state index in [0.717, 1.165) is 0 Å². The molecule has 11 heteroatoms. The van der Waals surface area contributed by atoms with Crippen LogP contribution in [0.15, 0.2) is 62.6 Å². The van der Waals surface area contributed by atoms with E-state index in [2.05, 4.69) is 41.6 Å². The summed E-state index contributed by atoms with van der Waals surface area (Å²) in [5.41, 5.74) is 0.287. The number of anilines is 1. The predicted molar refractivity (Wildman–Crippen MR) is 118 cm³/mol. The van der Waals surface area contributed by atoms with Crippen LogP contribution in [0.3, 0.4) is 0 Å². The summed E-state index contributed by atoms with van der Waals surface area (Å²) >= 11 is 24.5. The molecule has 0 aliphatic rings. The molecule has 0 unspecified atom stereocenters. The number of nitrogens with zero attached hydrogens (tertiary/aromatic N) is 1. The molecule has 0 spiro atoms. The van der Waals surface area contributed by atoms with Gasteiger partial charge in [-0.3, -0.25) is 9.71 Å². The Labute approximate surface area is 193 Å². The molecule has 0 radical (unpaired) electrons. The van der Waals surface area contributed by atoms with Gasteiger partial charge in [0.05, 0.1) is 30.9 Å². The molecule has 0 aliphatic heterocycles. The molecular weight excluding hydrogens is 578 g/mol. The zero-order valence-corrected chi connectivity index (χ0v) is 19.8. The normalized spacial score (nSPS) is 11.3. The summed E-state index contributed by atoms with van der Waals surface area (Å²) in [6, 6.07) is 8.88. The molecule has 0 amide bonds. The Balaban J connectivity index is 1.90. The Morgan fingerprint density at radius 1 is 0.929 bits per heavy atom. The van der Waals surface area contributed by atoms with E-state index in [4.69, 9.17) is 39.5 Å². The highest BCUT2D eigenvalue weighted by Gasteiger charge is 2.21. The van der Waals surface area contributed by atoms with Crippen LogP contribution in [-0.2, 0) is 10.0 Å². The molecule has 0 atom stereocenters. The van der Waals surface area contributed by atoms with Crippen molar-refractivity contribution in [2.75, 3.05) is 4.72 Å². The van der Waals surface area contributed by atoms with Gasteiger partial charge in [0.15, 0.2) is 0 Å². The van der Waals surface area contributed by atoms with E-state index in [-0.39, 0.29) is 15.6 Å². The van der Waals surface area contributed by atoms with E-state index in [1.807, 2.05) is 0 Å². The summed E-state index contributed by atoms with van der Waals surface area (Å²) < 4.78 is 34.5. The first kappa shape index (κ1) is 21.7. The fourth-order valence-corrected chi connectivity index (χ4v) is 5.15. The van der Waals surface area contributed by atoms with Crippen molar-refractivity contribution in [2.24, 2.45) is 0 Å². The second-order valence-corrected chi connectivity index (χ2v) is 9.88. The minimum Gasteiger partial charge on any atom is -0.454 e. The first-order valence-corrected chi connectivity index (χ1v) is 11.6. The molecular formula is C17H9Br2Cl3N2O3S. The molecule has 0 saturated carbocycles. The first-order chi connectivity index (χ1) is 13.2. The van der Waals surface area contributed by atoms with Gasteiger partial charge in [-0.1, -0.05) is 34.8 Å². The van der Waals surface area contributed by atoms with Crippen LogP contribution >= 0.6 is 66.7 Å². The van der Waals surface area contributed by atoms with Crippen molar-refractivity contribution < 1.29 is 13.2 Å². The van der Waals surface area contributed by atoms with E-state index in [0.29, 0.717) is 30.5 Å². The van der Waals surface area contributed by atoms with E-state index in [9.17, 15) is 8.42 Å². The Bertz CT molecular complexity index is 1160. The van der Waals surface area contributed by atoms with Crippen molar-refractivity contribution in [1.29, 1.82) is 0 Å². The number of halogens is 5. The Kier molecular flexibility index (Phi) is 6.79. The van der Waals surface area contributed by atoms with Crippen LogP contribution in [0, 0.1) is 0 Å². The lowest BCUT2D eigenvalue weighted by molar-refractivity contribution is 0.477. The highest BCUT2D eigenvalue weighted by atomic mass is 79.9. The van der Waals surface area contributed by atoms with E-state index in [1.54, 1.807) is 18.2 Å². The average molecular weight is 588 g/mol. The number of hydrogen-bond donors (Lipinski definition) is 1. The molecule has 0 fully saturated rings. The number of ether oxygens (including phenoxy) is 1. The molecule has 5 nitrogen and oxygen atoms in total. The summed E-state index contributed by atoms with van der Waals surface area (Å²) in [6.45, 7) is 0. The van der Waals surface area contributed by atoms with Gasteiger partial charge in [-0.2, -0.15) is 0 Å². The van der Waals surface area contributed by atoms with Gasteiger partial charge in [0.2, 0.25) is 0 Å². The zero-order chi connectivity index (χ0) is 20.5. The predicted octanol–water partition coefficient (Wildman–Crippen LogP) is 7.16. The maximum atomic E-state index is 12.7. The summed E-state index contributed by atoms with van der Waals surface area (Å²) in [7, 11) is -3.94. The highest BCUT2D eigenvalue weighted by molar-refractivity contribution is 9.13. The van der Waals surface area contributed by atoms with Gasteiger partial charge in [0.1, 0.15) is 16.4 Å². The molecule has 3 aromatic rings. The Morgan fingerprint density at radius 2 is 1.68 bits per heavy atom. The van der Waals surface area contributed by atoms with Gasteiger partial charge in [-0.05, 0) is 62.2 Å². The SMILES string of the molecule is O=S(=O)(Nc1ccc(Oc2cncc(Cl)c2)c(Br)c1Br)c1ccc(Cl)cc1Cl. The second kappa shape index (κ2) is 8.77. The summed E-state index contributed by atoms with van der Waals surface area (Å²) in [4.78, 5) is 3.86. The van der Waals surface area contributed by atoms with Gasteiger partial charge in [0, 0.05) is 17.3 Å². The maximum Gasteiger partial charge on any atom is 0.263 e. The van der Waals surface area contributed by atoms with Crippen LogP contribution in [0.5, 0.6) is 11.5 Å². The van der Waals surface area contributed by atoms with E-state index < -0.39 is 10.0 Å². The van der Waals surface area contributed by atoms with Gasteiger partial charge < -0.3 is 4.74 Å². The van der Waals surface area contributed by atoms with Crippen LogP contribution in [0.2, 0.25) is 15.1 Å². The van der Waals surface area contributed by atoms with Crippen LogP contribution in [0.25, 0.3) is 0 Å². The number of sulfonamides is 1. The standard InChI is InChI=1S/C17H9Br2Cl3N2O3S/c18-16-13(24-28(25,26)15-4-1-9(20)6-12(15)22)2-3-14(17(16)19)27-11-5-10(21)7-23-8-11/h1-8,24H. The molecule has 3 rings (SSSR count). The minimum absolute atomic E-state index is 0.0172. The smallest absolute Gasteiger partial charge is 0.263 e. The summed E-state index contributed by atoms with van der Waals surface area (Å²) in [5.74, 6) is 0.866. The van der Waals surface area contributed by atoms with Crippen molar-refractivity contribution >= 4 is 82.4 Å². The third kappa shape index (κ3) is 4.93. The van der Waals surface area contributed by atoms with Crippen LogP contribution < -0.4 is 9.46 Å². The number of hydrogen-bond acceptors (Lipinski definition) is 4. The largest absolute Gasteiger partial charge is 0.454 e. The lowest BCUT2D eigenvalue weighted by atomic mass is 10.3. The van der Waals surface area contributed by atoms with E-state index >= 15 is 0 Å². The maximum absolute atomic E-state index is 12.7. The molecule has 0 saturated heterocycles. The quantitative estimate of drug-likeness (QED) is 0.344. The zero-order valence-electron chi connectivity index (χ0n) is 13.6. The number of pyridine rings is 1. The molecule has 146 valence electrons. The number of nitrogens with one attached hydrogen (secondary N) is 1. The minimum atomic E-state index is -3.94. The third-order valence-corrected chi connectivity index (χ3v) is 7.82. The van der Waals surface area contributed by atoms with Crippen LogP contribution in [0.1, 0.15) is 0 Å². The van der Waals surface area contributed by atoms with Gasteiger partial charge in [-0.25, -0.2) is 8.42 Å². The van der Waals surface area contributed by atoms with Gasteiger partial charge in [-0.15, -0.1) is 0 Å². The second-order valence-electron chi connectivity index (χ2n) is 5.36. The molecule has 28 heavy (non-hydrogen) atoms. The number of aromatic nitrogens is 1. The monoisotopic (exact) mass is 584 g/mol. The molecule has 1 heterocycles. The average Bonchev–Trinajstić information content (AvgIpc) is 2.61. The third-order valence-electron chi connectivity index (χ3n) is 3.38. The van der Waals surface area contributed by atoms with Gasteiger partial charge >= 0.3 is 0 Å². The summed E-state index contributed by atoms with van der Waals surface area (Å²) in [5, 5.41) is 0.783. The fourth-order valence-electron chi connectivity index (χ4n) is 2.16. The fraction of sp³-hybridized carbons (Fsp3) is 0. The van der Waals surface area contributed by atoms with Gasteiger partial charge in [0.25, 0.3) is 10.0 Å². The summed E-state index contributed by atoms with van der Waals surface area (Å²) in [6.07, 6.45) is 2.99. The van der Waals surface area contributed by atoms with E-state index in [1.165, 1.54) is 30.6 Å². The molecule has 0 bridgehead atoms. The topological polar surface area (TPSA) is 68.3 Å². The number of rotatable bonds is 5. The Morgan fingerprint density at radius 3 is 2.36 bits per heavy atom.